The van der Waals surface area contributed by atoms with Gasteiger partial charge >= 0.3 is 47.4 Å². The Morgan fingerprint density at radius 1 is 0.375 bits per heavy atom. The predicted molar refractivity (Wildman–Crippen MR) is 78.4 cm³/mol. The zero-order valence-electron chi connectivity index (χ0n) is 15.4. The minimum atomic E-state index is -8.37. The Morgan fingerprint density at radius 3 is 0.750 bits per heavy atom. The summed E-state index contributed by atoms with van der Waals surface area (Å²) < 4.78 is 216. The summed E-state index contributed by atoms with van der Waals surface area (Å²) in [6.45, 7) is 5.41. The monoisotopic (exact) mass is 510 g/mol. The molecule has 0 fully saturated rings. The molecule has 0 heterocycles. The second-order valence-electron chi connectivity index (χ2n) is 6.51. The fourth-order valence-corrected chi connectivity index (χ4v) is 2.13. The van der Waals surface area contributed by atoms with Crippen molar-refractivity contribution in [2.24, 2.45) is 0 Å². The average molecular weight is 510 g/mol. The first-order valence-corrected chi connectivity index (χ1v) is 8.11. The van der Waals surface area contributed by atoms with Gasteiger partial charge in [0.1, 0.15) is 0 Å². The Bertz CT molecular complexity index is 618. The lowest BCUT2D eigenvalue weighted by Gasteiger charge is -2.43. The largest absolute Gasteiger partial charge is 0.384 e. The van der Waals surface area contributed by atoms with Gasteiger partial charge in [0.2, 0.25) is 0 Å². The van der Waals surface area contributed by atoms with Crippen molar-refractivity contribution in [1.29, 1.82) is 0 Å². The standard InChI is InChI=1S/C16H14F16/c1-3-5-7-9(17,18)11(21,22)13(25,26)15(29,30)16(31,32)14(27,28)12(23,24)10(19,20)8-6-4-2/h3-4H,1-2,5-8H2. The van der Waals surface area contributed by atoms with Crippen LogP contribution in [0.4, 0.5) is 70.2 Å². The van der Waals surface area contributed by atoms with Crippen LogP contribution in [-0.2, 0) is 0 Å². The molecular weight excluding hydrogens is 496 g/mol. The summed E-state index contributed by atoms with van der Waals surface area (Å²) in [7, 11) is 0. The summed E-state index contributed by atoms with van der Waals surface area (Å²) in [4.78, 5) is 0. The lowest BCUT2D eigenvalue weighted by atomic mass is 9.86. The zero-order valence-corrected chi connectivity index (χ0v) is 15.4. The Kier molecular flexibility index (Phi) is 8.17. The molecule has 0 aromatic rings. The number of halogens is 16. The molecule has 0 aromatic heterocycles. The van der Waals surface area contributed by atoms with E-state index >= 15 is 0 Å². The molecule has 32 heavy (non-hydrogen) atoms. The van der Waals surface area contributed by atoms with Gasteiger partial charge in [-0.3, -0.25) is 0 Å². The third kappa shape index (κ3) is 4.17. The normalized spacial score (nSPS) is 15.6. The lowest BCUT2D eigenvalue weighted by molar-refractivity contribution is -0.453. The molecule has 0 atom stereocenters. The Balaban J connectivity index is 6.64. The minimum absolute atomic E-state index is 0.384. The summed E-state index contributed by atoms with van der Waals surface area (Å²) in [6, 6.07) is 0. The van der Waals surface area contributed by atoms with Crippen LogP contribution >= 0.6 is 0 Å². The first-order chi connectivity index (χ1) is 13.9. The van der Waals surface area contributed by atoms with Gasteiger partial charge in [0.25, 0.3) is 0 Å². The highest BCUT2D eigenvalue weighted by atomic mass is 19.4. The van der Waals surface area contributed by atoms with E-state index < -0.39 is 73.1 Å². The molecular formula is C16H14F16. The summed E-state index contributed by atoms with van der Waals surface area (Å²) in [6.07, 6.45) is -6.65. The van der Waals surface area contributed by atoms with Crippen molar-refractivity contribution in [3.05, 3.63) is 25.3 Å². The van der Waals surface area contributed by atoms with Crippen LogP contribution in [0.2, 0.25) is 0 Å². The lowest BCUT2D eigenvalue weighted by Crippen LogP contribution is -2.74. The van der Waals surface area contributed by atoms with Crippen LogP contribution in [0.15, 0.2) is 25.3 Å². The van der Waals surface area contributed by atoms with Gasteiger partial charge in [0.15, 0.2) is 0 Å². The number of allylic oxidation sites excluding steroid dienone is 2. The number of hydrogen-bond acceptors (Lipinski definition) is 0. The van der Waals surface area contributed by atoms with Crippen LogP contribution in [-0.4, -0.2) is 47.4 Å². The van der Waals surface area contributed by atoms with Gasteiger partial charge in [0, 0.05) is 12.8 Å². The maximum atomic E-state index is 13.6. The molecule has 0 saturated heterocycles. The Morgan fingerprint density at radius 2 is 0.562 bits per heavy atom. The van der Waals surface area contributed by atoms with E-state index in [4.69, 9.17) is 0 Å². The van der Waals surface area contributed by atoms with E-state index in [1.54, 1.807) is 0 Å². The molecule has 0 unspecified atom stereocenters. The molecule has 0 radical (unpaired) electrons. The van der Waals surface area contributed by atoms with Crippen LogP contribution in [0.25, 0.3) is 0 Å². The average Bonchev–Trinajstić information content (AvgIpc) is 2.63. The van der Waals surface area contributed by atoms with Crippen molar-refractivity contribution < 1.29 is 70.2 Å². The third-order valence-electron chi connectivity index (χ3n) is 4.22. The van der Waals surface area contributed by atoms with Gasteiger partial charge in [-0.25, -0.2) is 0 Å². The van der Waals surface area contributed by atoms with Gasteiger partial charge in [-0.05, 0) is 12.8 Å². The van der Waals surface area contributed by atoms with Crippen molar-refractivity contribution >= 4 is 0 Å². The summed E-state index contributed by atoms with van der Waals surface area (Å²) in [5.74, 6) is -60.6. The molecule has 0 rings (SSSR count). The fraction of sp³-hybridized carbons (Fsp3) is 0.750. The van der Waals surface area contributed by atoms with Crippen LogP contribution in [0.1, 0.15) is 25.7 Å². The SMILES string of the molecule is C=CCCC(F)(F)C(F)(F)C(F)(F)C(F)(F)C(F)(F)C(F)(F)C(F)(F)C(F)(F)CCC=C. The molecule has 0 bridgehead atoms. The van der Waals surface area contributed by atoms with Crippen molar-refractivity contribution in [2.45, 2.75) is 73.1 Å². The highest BCUT2D eigenvalue weighted by molar-refractivity contribution is 5.16. The fourth-order valence-electron chi connectivity index (χ4n) is 2.13. The molecule has 0 aliphatic heterocycles. The van der Waals surface area contributed by atoms with Crippen molar-refractivity contribution in [3.8, 4) is 0 Å². The van der Waals surface area contributed by atoms with Crippen LogP contribution in [0, 0.1) is 0 Å². The van der Waals surface area contributed by atoms with Crippen LogP contribution in [0.3, 0.4) is 0 Å². The molecule has 0 aliphatic rings. The van der Waals surface area contributed by atoms with Crippen molar-refractivity contribution in [2.75, 3.05) is 0 Å². The molecule has 0 aliphatic carbocycles. The number of hydrogen-bond donors (Lipinski definition) is 0. The predicted octanol–water partition coefficient (Wildman–Crippen LogP) is 8.00. The maximum absolute atomic E-state index is 13.6. The maximum Gasteiger partial charge on any atom is 0.384 e. The molecule has 0 saturated carbocycles. The second-order valence-corrected chi connectivity index (χ2v) is 6.51. The van der Waals surface area contributed by atoms with E-state index in [9.17, 15) is 70.2 Å². The van der Waals surface area contributed by atoms with Gasteiger partial charge in [0.05, 0.1) is 0 Å². The van der Waals surface area contributed by atoms with E-state index in [2.05, 4.69) is 13.2 Å². The van der Waals surface area contributed by atoms with Gasteiger partial charge in [-0.1, -0.05) is 12.2 Å². The summed E-state index contributed by atoms with van der Waals surface area (Å²) >= 11 is 0. The van der Waals surface area contributed by atoms with Gasteiger partial charge in [-0.2, -0.15) is 70.2 Å². The number of rotatable bonds is 13. The first-order valence-electron chi connectivity index (χ1n) is 8.11. The summed E-state index contributed by atoms with van der Waals surface area (Å²) in [5.41, 5.74) is 0. The highest BCUT2D eigenvalue weighted by Gasteiger charge is 2.94. The Labute approximate surface area is 169 Å². The molecule has 190 valence electrons. The van der Waals surface area contributed by atoms with Gasteiger partial charge in [-0.15, -0.1) is 13.2 Å². The van der Waals surface area contributed by atoms with E-state index in [0.29, 0.717) is 12.2 Å². The molecule has 0 amide bonds. The first kappa shape index (κ1) is 30.4. The molecule has 0 spiro atoms. The molecule has 0 N–H and O–H groups in total. The Hall–Kier alpha value is -1.64. The van der Waals surface area contributed by atoms with Crippen LogP contribution in [0.5, 0.6) is 0 Å². The van der Waals surface area contributed by atoms with Crippen LogP contribution < -0.4 is 0 Å². The summed E-state index contributed by atoms with van der Waals surface area (Å²) in [5, 5.41) is 0. The van der Waals surface area contributed by atoms with E-state index in [1.807, 2.05) is 0 Å². The van der Waals surface area contributed by atoms with Gasteiger partial charge < -0.3 is 0 Å². The minimum Gasteiger partial charge on any atom is -0.200 e. The zero-order chi connectivity index (χ0) is 26.2. The van der Waals surface area contributed by atoms with E-state index in [0.717, 1.165) is 0 Å². The van der Waals surface area contributed by atoms with E-state index in [1.165, 1.54) is 0 Å². The smallest absolute Gasteiger partial charge is 0.200 e. The van der Waals surface area contributed by atoms with Crippen molar-refractivity contribution in [1.82, 2.24) is 0 Å². The molecule has 0 nitrogen and oxygen atoms in total. The topological polar surface area (TPSA) is 0 Å². The molecule has 16 heteroatoms. The van der Waals surface area contributed by atoms with Crippen molar-refractivity contribution in [3.63, 3.8) is 0 Å². The highest BCUT2D eigenvalue weighted by Crippen LogP contribution is 2.64. The third-order valence-corrected chi connectivity index (χ3v) is 4.22. The number of alkyl halides is 16. The quantitative estimate of drug-likeness (QED) is 0.174. The van der Waals surface area contributed by atoms with E-state index in [-0.39, 0.29) is 0 Å². The second kappa shape index (κ2) is 8.61. The molecule has 0 aromatic carbocycles.